The van der Waals surface area contributed by atoms with E-state index in [0.29, 0.717) is 12.5 Å². The molecule has 0 aliphatic carbocycles. The average molecular weight is 334 g/mol. The molecule has 0 amide bonds. The fourth-order valence-electron chi connectivity index (χ4n) is 2.03. The second-order valence-corrected chi connectivity index (χ2v) is 6.51. The third-order valence-corrected chi connectivity index (χ3v) is 4.15. The molecule has 0 unspecified atom stereocenters. The minimum Gasteiger partial charge on any atom is -0.357 e. The van der Waals surface area contributed by atoms with Gasteiger partial charge in [0.1, 0.15) is 5.01 Å². The van der Waals surface area contributed by atoms with E-state index in [1.807, 2.05) is 16.9 Å². The number of aliphatic imine (C=N–C) groups is 1. The van der Waals surface area contributed by atoms with Crippen molar-refractivity contribution in [1.29, 1.82) is 0 Å². The Hall–Kier alpha value is -1.89. The number of nitrogens with one attached hydrogen (secondary N) is 2. The van der Waals surface area contributed by atoms with Gasteiger partial charge in [0.25, 0.3) is 0 Å². The van der Waals surface area contributed by atoms with Crippen LogP contribution in [0.1, 0.15) is 43.8 Å². The lowest BCUT2D eigenvalue weighted by atomic mass is 10.2. The first kappa shape index (κ1) is 17.5. The van der Waals surface area contributed by atoms with Crippen molar-refractivity contribution >= 4 is 17.3 Å². The summed E-state index contributed by atoms with van der Waals surface area (Å²) in [6, 6.07) is 1.94. The van der Waals surface area contributed by atoms with E-state index in [-0.39, 0.29) is 0 Å². The normalized spacial score (nSPS) is 11.9. The Morgan fingerprint density at radius 1 is 1.39 bits per heavy atom. The van der Waals surface area contributed by atoms with Crippen LogP contribution in [0.4, 0.5) is 0 Å². The standard InChI is InChI=1S/C16H26N6S/c1-4-17-16(18-7-5-9-22-10-6-8-20-22)19-11-15-21-14(12-23-15)13(2)3/h6,8,10,12-13H,4-5,7,9,11H2,1-3H3,(H2,17,18,19). The molecule has 0 fully saturated rings. The van der Waals surface area contributed by atoms with Crippen molar-refractivity contribution in [3.8, 4) is 0 Å². The molecule has 0 atom stereocenters. The van der Waals surface area contributed by atoms with Gasteiger partial charge in [-0.05, 0) is 25.3 Å². The second kappa shape index (κ2) is 9.29. The van der Waals surface area contributed by atoms with Gasteiger partial charge >= 0.3 is 0 Å². The number of hydrogen-bond donors (Lipinski definition) is 2. The van der Waals surface area contributed by atoms with Crippen LogP contribution in [0.5, 0.6) is 0 Å². The van der Waals surface area contributed by atoms with E-state index < -0.39 is 0 Å². The van der Waals surface area contributed by atoms with Gasteiger partial charge in [-0.25, -0.2) is 9.98 Å². The quantitative estimate of drug-likeness (QED) is 0.442. The van der Waals surface area contributed by atoms with E-state index in [2.05, 4.69) is 51.9 Å². The zero-order chi connectivity index (χ0) is 16.5. The zero-order valence-electron chi connectivity index (χ0n) is 14.1. The van der Waals surface area contributed by atoms with E-state index in [1.165, 1.54) is 0 Å². The van der Waals surface area contributed by atoms with E-state index in [9.17, 15) is 0 Å². The summed E-state index contributed by atoms with van der Waals surface area (Å²) < 4.78 is 1.94. The molecule has 2 rings (SSSR count). The highest BCUT2D eigenvalue weighted by Gasteiger charge is 2.05. The molecule has 126 valence electrons. The summed E-state index contributed by atoms with van der Waals surface area (Å²) in [5, 5.41) is 14.0. The van der Waals surface area contributed by atoms with E-state index >= 15 is 0 Å². The monoisotopic (exact) mass is 334 g/mol. The molecule has 2 heterocycles. The van der Waals surface area contributed by atoms with Crippen LogP contribution in [-0.4, -0.2) is 33.8 Å². The molecular weight excluding hydrogens is 308 g/mol. The first-order valence-corrected chi connectivity index (χ1v) is 9.01. The molecule has 7 heteroatoms. The summed E-state index contributed by atoms with van der Waals surface area (Å²) >= 11 is 1.68. The smallest absolute Gasteiger partial charge is 0.191 e. The fourth-order valence-corrected chi connectivity index (χ4v) is 2.91. The molecule has 0 radical (unpaired) electrons. The third kappa shape index (κ3) is 6.02. The largest absolute Gasteiger partial charge is 0.357 e. The first-order chi connectivity index (χ1) is 11.2. The molecule has 0 saturated heterocycles. The van der Waals surface area contributed by atoms with Crippen molar-refractivity contribution in [2.24, 2.45) is 4.99 Å². The molecule has 23 heavy (non-hydrogen) atoms. The summed E-state index contributed by atoms with van der Waals surface area (Å²) in [6.45, 7) is 9.62. The van der Waals surface area contributed by atoms with Gasteiger partial charge in [0.2, 0.25) is 0 Å². The Kier molecular flexibility index (Phi) is 7.06. The van der Waals surface area contributed by atoms with Crippen LogP contribution in [0.15, 0.2) is 28.8 Å². The molecule has 2 aromatic heterocycles. The summed E-state index contributed by atoms with van der Waals surface area (Å²) in [5.74, 6) is 1.31. The number of aryl methyl sites for hydroxylation is 1. The Morgan fingerprint density at radius 2 is 2.26 bits per heavy atom. The van der Waals surface area contributed by atoms with Crippen LogP contribution < -0.4 is 10.6 Å². The summed E-state index contributed by atoms with van der Waals surface area (Å²) in [6.07, 6.45) is 4.79. The lowest BCUT2D eigenvalue weighted by molar-refractivity contribution is 0.570. The SMILES string of the molecule is CCNC(=NCc1nc(C(C)C)cs1)NCCCn1cccn1. The summed E-state index contributed by atoms with van der Waals surface area (Å²) in [5.41, 5.74) is 1.15. The highest BCUT2D eigenvalue weighted by Crippen LogP contribution is 2.18. The van der Waals surface area contributed by atoms with Crippen LogP contribution in [0, 0.1) is 0 Å². The number of nitrogens with zero attached hydrogens (tertiary/aromatic N) is 4. The van der Waals surface area contributed by atoms with Crippen molar-refractivity contribution in [3.63, 3.8) is 0 Å². The predicted molar refractivity (Wildman–Crippen MR) is 95.9 cm³/mol. The van der Waals surface area contributed by atoms with Crippen LogP contribution in [0.3, 0.4) is 0 Å². The molecule has 0 aliphatic rings. The minimum absolute atomic E-state index is 0.470. The number of thiazole rings is 1. The van der Waals surface area contributed by atoms with Gasteiger partial charge in [0, 0.05) is 37.4 Å². The Balaban J connectivity index is 1.79. The summed E-state index contributed by atoms with van der Waals surface area (Å²) in [7, 11) is 0. The van der Waals surface area contributed by atoms with Gasteiger partial charge in [0.15, 0.2) is 5.96 Å². The highest BCUT2D eigenvalue weighted by molar-refractivity contribution is 7.09. The highest BCUT2D eigenvalue weighted by atomic mass is 32.1. The van der Waals surface area contributed by atoms with Crippen molar-refractivity contribution in [2.75, 3.05) is 13.1 Å². The maximum atomic E-state index is 4.62. The third-order valence-electron chi connectivity index (χ3n) is 3.29. The lowest BCUT2D eigenvalue weighted by Crippen LogP contribution is -2.38. The van der Waals surface area contributed by atoms with Gasteiger partial charge in [-0.1, -0.05) is 13.8 Å². The Labute approximate surface area is 142 Å². The molecule has 0 aromatic carbocycles. The summed E-state index contributed by atoms with van der Waals surface area (Å²) in [4.78, 5) is 9.23. The second-order valence-electron chi connectivity index (χ2n) is 5.57. The molecule has 2 N–H and O–H groups in total. The maximum Gasteiger partial charge on any atom is 0.191 e. The predicted octanol–water partition coefficient (Wildman–Crippen LogP) is 2.61. The van der Waals surface area contributed by atoms with Crippen LogP contribution in [0.2, 0.25) is 0 Å². The molecule has 0 spiro atoms. The van der Waals surface area contributed by atoms with Crippen LogP contribution in [-0.2, 0) is 13.1 Å². The Morgan fingerprint density at radius 3 is 2.91 bits per heavy atom. The molecule has 0 aliphatic heterocycles. The van der Waals surface area contributed by atoms with Gasteiger partial charge in [-0.3, -0.25) is 4.68 Å². The fraction of sp³-hybridized carbons (Fsp3) is 0.562. The van der Waals surface area contributed by atoms with Crippen molar-refractivity contribution in [1.82, 2.24) is 25.4 Å². The van der Waals surface area contributed by atoms with Gasteiger partial charge in [0.05, 0.1) is 12.2 Å². The van der Waals surface area contributed by atoms with Gasteiger partial charge < -0.3 is 10.6 Å². The van der Waals surface area contributed by atoms with E-state index in [0.717, 1.165) is 42.7 Å². The van der Waals surface area contributed by atoms with Crippen LogP contribution >= 0.6 is 11.3 Å². The molecule has 0 bridgehead atoms. The van der Waals surface area contributed by atoms with Crippen molar-refractivity contribution in [3.05, 3.63) is 34.5 Å². The number of guanidine groups is 1. The number of hydrogen-bond acceptors (Lipinski definition) is 4. The zero-order valence-corrected chi connectivity index (χ0v) is 14.9. The number of rotatable bonds is 8. The van der Waals surface area contributed by atoms with Gasteiger partial charge in [-0.2, -0.15) is 5.10 Å². The molecular formula is C16H26N6S. The number of aromatic nitrogens is 3. The van der Waals surface area contributed by atoms with Crippen LogP contribution in [0.25, 0.3) is 0 Å². The maximum absolute atomic E-state index is 4.62. The van der Waals surface area contributed by atoms with Crippen molar-refractivity contribution < 1.29 is 0 Å². The molecule has 2 aromatic rings. The molecule has 0 saturated carbocycles. The van der Waals surface area contributed by atoms with Gasteiger partial charge in [-0.15, -0.1) is 11.3 Å². The molecule has 6 nitrogen and oxygen atoms in total. The van der Waals surface area contributed by atoms with E-state index in [1.54, 1.807) is 17.5 Å². The average Bonchev–Trinajstić information content (AvgIpc) is 3.20. The Bertz CT molecular complexity index is 587. The first-order valence-electron chi connectivity index (χ1n) is 8.13. The minimum atomic E-state index is 0.470. The van der Waals surface area contributed by atoms with Crippen molar-refractivity contribution in [2.45, 2.75) is 46.2 Å². The lowest BCUT2D eigenvalue weighted by Gasteiger charge is -2.10. The topological polar surface area (TPSA) is 67.1 Å². The van der Waals surface area contributed by atoms with E-state index in [4.69, 9.17) is 0 Å².